The molecule has 2 aromatic rings. The van der Waals surface area contributed by atoms with Gasteiger partial charge in [0, 0.05) is 22.8 Å². The van der Waals surface area contributed by atoms with Gasteiger partial charge in [0.25, 0.3) is 5.91 Å². The van der Waals surface area contributed by atoms with Gasteiger partial charge in [-0.25, -0.2) is 4.98 Å². The molecule has 0 aliphatic rings. The van der Waals surface area contributed by atoms with Crippen LogP contribution in [0.25, 0.3) is 0 Å². The lowest BCUT2D eigenvalue weighted by atomic mass is 10.2. The predicted molar refractivity (Wildman–Crippen MR) is 87.4 cm³/mol. The quantitative estimate of drug-likeness (QED) is 0.798. The molecule has 1 amide bonds. The molecule has 21 heavy (non-hydrogen) atoms. The van der Waals surface area contributed by atoms with Gasteiger partial charge in [-0.15, -0.1) is 0 Å². The SMILES string of the molecule is CCCNc1cc(C(=O)Nc2ccc(Cl)cc2)cc(Cl)n1. The fourth-order valence-corrected chi connectivity index (χ4v) is 2.04. The minimum Gasteiger partial charge on any atom is -0.370 e. The Morgan fingerprint density at radius 2 is 1.90 bits per heavy atom. The number of nitrogens with zero attached hydrogens (tertiary/aromatic N) is 1. The maximum atomic E-state index is 12.2. The zero-order chi connectivity index (χ0) is 15.2. The number of hydrogen-bond acceptors (Lipinski definition) is 3. The molecule has 110 valence electrons. The fourth-order valence-electron chi connectivity index (χ4n) is 1.71. The molecule has 0 aliphatic heterocycles. The van der Waals surface area contributed by atoms with E-state index < -0.39 is 0 Å². The van der Waals surface area contributed by atoms with Crippen molar-refractivity contribution in [2.24, 2.45) is 0 Å². The monoisotopic (exact) mass is 323 g/mol. The maximum absolute atomic E-state index is 12.2. The average molecular weight is 324 g/mol. The Morgan fingerprint density at radius 3 is 2.57 bits per heavy atom. The summed E-state index contributed by atoms with van der Waals surface area (Å²) in [4.78, 5) is 16.3. The van der Waals surface area contributed by atoms with Crippen LogP contribution in [0.5, 0.6) is 0 Å². The van der Waals surface area contributed by atoms with E-state index in [1.54, 1.807) is 30.3 Å². The van der Waals surface area contributed by atoms with Crippen LogP contribution in [0.2, 0.25) is 10.2 Å². The highest BCUT2D eigenvalue weighted by Gasteiger charge is 2.09. The Morgan fingerprint density at radius 1 is 1.19 bits per heavy atom. The summed E-state index contributed by atoms with van der Waals surface area (Å²) in [5.74, 6) is 0.340. The van der Waals surface area contributed by atoms with Crippen LogP contribution in [0.4, 0.5) is 11.5 Å². The lowest BCUT2D eigenvalue weighted by Crippen LogP contribution is -2.13. The van der Waals surface area contributed by atoms with Crippen LogP contribution in [0.15, 0.2) is 36.4 Å². The number of rotatable bonds is 5. The largest absolute Gasteiger partial charge is 0.370 e. The molecule has 4 nitrogen and oxygen atoms in total. The van der Waals surface area contributed by atoms with E-state index in [9.17, 15) is 4.79 Å². The first kappa shape index (κ1) is 15.6. The highest BCUT2D eigenvalue weighted by molar-refractivity contribution is 6.30. The standard InChI is InChI=1S/C15H15Cl2N3O/c1-2-7-18-14-9-10(8-13(17)20-14)15(21)19-12-5-3-11(16)4-6-12/h3-6,8-9H,2,7H2,1H3,(H,18,20)(H,19,21). The molecule has 2 rings (SSSR count). The zero-order valence-electron chi connectivity index (χ0n) is 11.5. The Kier molecular flexibility index (Phi) is 5.42. The predicted octanol–water partition coefficient (Wildman–Crippen LogP) is 4.46. The number of aromatic nitrogens is 1. The van der Waals surface area contributed by atoms with E-state index in [0.29, 0.717) is 22.1 Å². The van der Waals surface area contributed by atoms with Crippen molar-refractivity contribution in [3.8, 4) is 0 Å². The molecule has 0 aliphatic carbocycles. The summed E-state index contributed by atoms with van der Waals surface area (Å²) in [6.07, 6.45) is 0.959. The van der Waals surface area contributed by atoms with E-state index in [0.717, 1.165) is 13.0 Å². The fraction of sp³-hybridized carbons (Fsp3) is 0.200. The highest BCUT2D eigenvalue weighted by atomic mass is 35.5. The zero-order valence-corrected chi connectivity index (χ0v) is 13.0. The van der Waals surface area contributed by atoms with Crippen LogP contribution >= 0.6 is 23.2 Å². The number of anilines is 2. The molecule has 0 saturated heterocycles. The lowest BCUT2D eigenvalue weighted by molar-refractivity contribution is 0.102. The number of halogens is 2. The summed E-state index contributed by atoms with van der Waals surface area (Å²) >= 11 is 11.8. The Hall–Kier alpha value is -1.78. The molecule has 1 aromatic carbocycles. The minimum atomic E-state index is -0.249. The minimum absolute atomic E-state index is 0.249. The topological polar surface area (TPSA) is 54.0 Å². The summed E-state index contributed by atoms with van der Waals surface area (Å²) in [5.41, 5.74) is 1.11. The Bertz CT molecular complexity index is 629. The van der Waals surface area contributed by atoms with E-state index >= 15 is 0 Å². The number of benzene rings is 1. The number of carbonyl (C=O) groups excluding carboxylic acids is 1. The molecule has 0 radical (unpaired) electrons. The van der Waals surface area contributed by atoms with Crippen LogP contribution in [0.3, 0.4) is 0 Å². The summed E-state index contributed by atoms with van der Waals surface area (Å²) < 4.78 is 0. The van der Waals surface area contributed by atoms with Gasteiger partial charge in [0.2, 0.25) is 0 Å². The second kappa shape index (κ2) is 7.29. The third-order valence-corrected chi connectivity index (χ3v) is 3.16. The molecule has 0 atom stereocenters. The summed E-state index contributed by atoms with van der Waals surface area (Å²) in [6, 6.07) is 10.1. The lowest BCUT2D eigenvalue weighted by Gasteiger charge is -2.09. The van der Waals surface area contributed by atoms with E-state index in [-0.39, 0.29) is 11.1 Å². The number of pyridine rings is 1. The molecule has 0 fully saturated rings. The van der Waals surface area contributed by atoms with Gasteiger partial charge < -0.3 is 10.6 Å². The van der Waals surface area contributed by atoms with Gasteiger partial charge in [0.1, 0.15) is 11.0 Å². The Labute approximate surface area is 133 Å². The van der Waals surface area contributed by atoms with Crippen molar-refractivity contribution in [1.29, 1.82) is 0 Å². The van der Waals surface area contributed by atoms with Crippen LogP contribution < -0.4 is 10.6 Å². The first-order chi connectivity index (χ1) is 10.1. The molecule has 2 N–H and O–H groups in total. The van der Waals surface area contributed by atoms with Gasteiger partial charge >= 0.3 is 0 Å². The average Bonchev–Trinajstić information content (AvgIpc) is 2.47. The molecule has 1 heterocycles. The van der Waals surface area contributed by atoms with Gasteiger partial charge in [-0.2, -0.15) is 0 Å². The van der Waals surface area contributed by atoms with Gasteiger partial charge in [-0.1, -0.05) is 30.1 Å². The first-order valence-corrected chi connectivity index (χ1v) is 7.32. The van der Waals surface area contributed by atoms with Gasteiger partial charge in [0.05, 0.1) is 0 Å². The van der Waals surface area contributed by atoms with Crippen LogP contribution in [0.1, 0.15) is 23.7 Å². The van der Waals surface area contributed by atoms with E-state index in [2.05, 4.69) is 15.6 Å². The first-order valence-electron chi connectivity index (χ1n) is 6.57. The van der Waals surface area contributed by atoms with Crippen LogP contribution in [-0.2, 0) is 0 Å². The molecule has 1 aromatic heterocycles. The van der Waals surface area contributed by atoms with E-state index in [1.807, 2.05) is 6.92 Å². The Balaban J connectivity index is 2.14. The van der Waals surface area contributed by atoms with Crippen molar-refractivity contribution in [3.05, 3.63) is 52.1 Å². The molecular formula is C15H15Cl2N3O. The molecule has 0 spiro atoms. The smallest absolute Gasteiger partial charge is 0.255 e. The second-order valence-electron chi connectivity index (χ2n) is 4.45. The summed E-state index contributed by atoms with van der Waals surface area (Å²) in [7, 11) is 0. The van der Waals surface area contributed by atoms with Crippen molar-refractivity contribution >= 4 is 40.6 Å². The summed E-state index contributed by atoms with van der Waals surface area (Å²) in [6.45, 7) is 2.82. The normalized spacial score (nSPS) is 10.2. The highest BCUT2D eigenvalue weighted by Crippen LogP contribution is 2.18. The van der Waals surface area contributed by atoms with Crippen LogP contribution in [-0.4, -0.2) is 17.4 Å². The van der Waals surface area contributed by atoms with Gasteiger partial charge in [0.15, 0.2) is 0 Å². The van der Waals surface area contributed by atoms with Crippen LogP contribution in [0, 0.1) is 0 Å². The van der Waals surface area contributed by atoms with Crippen molar-refractivity contribution in [2.75, 3.05) is 17.2 Å². The van der Waals surface area contributed by atoms with Crippen molar-refractivity contribution in [1.82, 2.24) is 4.98 Å². The maximum Gasteiger partial charge on any atom is 0.255 e. The molecule has 0 unspecified atom stereocenters. The second-order valence-corrected chi connectivity index (χ2v) is 5.28. The molecule has 0 bridgehead atoms. The number of carbonyl (C=O) groups is 1. The van der Waals surface area contributed by atoms with Crippen molar-refractivity contribution in [3.63, 3.8) is 0 Å². The van der Waals surface area contributed by atoms with Gasteiger partial charge in [-0.3, -0.25) is 4.79 Å². The number of nitrogens with one attached hydrogen (secondary N) is 2. The molecule has 0 saturated carbocycles. The van der Waals surface area contributed by atoms with Crippen molar-refractivity contribution in [2.45, 2.75) is 13.3 Å². The molecular weight excluding hydrogens is 309 g/mol. The third-order valence-electron chi connectivity index (χ3n) is 2.71. The number of amides is 1. The third kappa shape index (κ3) is 4.62. The van der Waals surface area contributed by atoms with E-state index in [4.69, 9.17) is 23.2 Å². The summed E-state index contributed by atoms with van der Waals surface area (Å²) in [5, 5.41) is 6.78. The number of hydrogen-bond donors (Lipinski definition) is 2. The van der Waals surface area contributed by atoms with Gasteiger partial charge in [-0.05, 0) is 42.8 Å². The molecule has 6 heteroatoms. The van der Waals surface area contributed by atoms with E-state index in [1.165, 1.54) is 6.07 Å². The van der Waals surface area contributed by atoms with Crippen molar-refractivity contribution < 1.29 is 4.79 Å².